The molecule has 3 aromatic carbocycles. The summed E-state index contributed by atoms with van der Waals surface area (Å²) in [6, 6.07) is 19.6. The van der Waals surface area contributed by atoms with E-state index in [2.05, 4.69) is 51.0 Å². The van der Waals surface area contributed by atoms with Crippen LogP contribution in [-0.2, 0) is 10.2 Å². The number of anilines is 1. The van der Waals surface area contributed by atoms with E-state index in [0.29, 0.717) is 28.4 Å². The summed E-state index contributed by atoms with van der Waals surface area (Å²) in [7, 11) is 0. The van der Waals surface area contributed by atoms with E-state index in [1.165, 1.54) is 5.56 Å². The van der Waals surface area contributed by atoms with E-state index in [-0.39, 0.29) is 11.3 Å². The number of carbonyl (C=O) groups is 1. The Hall–Kier alpha value is -3.60. The summed E-state index contributed by atoms with van der Waals surface area (Å²) in [5.41, 5.74) is 5.44. The van der Waals surface area contributed by atoms with Gasteiger partial charge in [0.1, 0.15) is 11.3 Å². The van der Waals surface area contributed by atoms with Crippen molar-refractivity contribution in [2.24, 2.45) is 0 Å². The number of fused-ring (bicyclic) bond motifs is 1. The Morgan fingerprint density at radius 1 is 0.882 bits per heavy atom. The number of nitrogens with zero attached hydrogens (tertiary/aromatic N) is 1. The van der Waals surface area contributed by atoms with Crippen molar-refractivity contribution >= 4 is 22.7 Å². The zero-order valence-electron chi connectivity index (χ0n) is 20.9. The number of aromatic nitrogens is 1. The fraction of sp³-hybridized carbons (Fsp3) is 0.310. The minimum Gasteiger partial charge on any atom is -0.478 e. The Kier molecular flexibility index (Phi) is 5.98. The van der Waals surface area contributed by atoms with Crippen LogP contribution >= 0.6 is 0 Å². The highest BCUT2D eigenvalue weighted by molar-refractivity contribution is 5.98. The highest BCUT2D eigenvalue weighted by Crippen LogP contribution is 2.29. The third-order valence-corrected chi connectivity index (χ3v) is 5.75. The van der Waals surface area contributed by atoms with Crippen molar-refractivity contribution in [3.63, 3.8) is 0 Å². The van der Waals surface area contributed by atoms with E-state index in [1.807, 2.05) is 54.6 Å². The van der Waals surface area contributed by atoms with Gasteiger partial charge in [0.15, 0.2) is 11.2 Å². The maximum atomic E-state index is 13.0. The second-order valence-corrected chi connectivity index (χ2v) is 10.4. The maximum absolute atomic E-state index is 13.0. The largest absolute Gasteiger partial charge is 0.478 e. The van der Waals surface area contributed by atoms with Crippen molar-refractivity contribution in [2.75, 3.05) is 5.32 Å². The summed E-state index contributed by atoms with van der Waals surface area (Å²) in [4.78, 5) is 17.7. The van der Waals surface area contributed by atoms with Crippen LogP contribution in [0.25, 0.3) is 22.6 Å². The maximum Gasteiger partial charge on any atom is 0.267 e. The van der Waals surface area contributed by atoms with Gasteiger partial charge in [-0.1, -0.05) is 50.1 Å². The molecule has 1 aromatic heterocycles. The Balaban J connectivity index is 1.50. The van der Waals surface area contributed by atoms with E-state index >= 15 is 0 Å². The van der Waals surface area contributed by atoms with Crippen LogP contribution in [0, 0.1) is 13.8 Å². The van der Waals surface area contributed by atoms with Crippen LogP contribution in [0.5, 0.6) is 5.75 Å². The average molecular weight is 457 g/mol. The first kappa shape index (κ1) is 23.6. The van der Waals surface area contributed by atoms with Crippen molar-refractivity contribution in [1.82, 2.24) is 4.98 Å². The van der Waals surface area contributed by atoms with Crippen molar-refractivity contribution in [2.45, 2.75) is 59.5 Å². The Morgan fingerprint density at radius 2 is 1.53 bits per heavy atom. The van der Waals surface area contributed by atoms with Gasteiger partial charge >= 0.3 is 0 Å². The Labute approximate surface area is 201 Å². The molecule has 4 aromatic rings. The van der Waals surface area contributed by atoms with Gasteiger partial charge in [-0.3, -0.25) is 4.79 Å². The lowest BCUT2D eigenvalue weighted by Gasteiger charge is -2.26. The predicted molar refractivity (Wildman–Crippen MR) is 137 cm³/mol. The third-order valence-electron chi connectivity index (χ3n) is 5.75. The minimum absolute atomic E-state index is 0.0588. The molecule has 0 radical (unpaired) electrons. The van der Waals surface area contributed by atoms with Gasteiger partial charge in [0, 0.05) is 11.3 Å². The van der Waals surface area contributed by atoms with Gasteiger partial charge < -0.3 is 14.5 Å². The molecule has 0 saturated heterocycles. The molecule has 0 spiro atoms. The monoisotopic (exact) mass is 456 g/mol. The van der Waals surface area contributed by atoms with Crippen LogP contribution in [0.3, 0.4) is 0 Å². The molecule has 5 nitrogen and oxygen atoms in total. The summed E-state index contributed by atoms with van der Waals surface area (Å²) in [6.07, 6.45) is 0. The van der Waals surface area contributed by atoms with E-state index in [1.54, 1.807) is 13.8 Å². The molecule has 5 heteroatoms. The number of amides is 1. The lowest BCUT2D eigenvalue weighted by Crippen LogP contribution is -2.42. The summed E-state index contributed by atoms with van der Waals surface area (Å²) in [5, 5.41) is 2.95. The number of oxazole rings is 1. The molecule has 0 atom stereocenters. The summed E-state index contributed by atoms with van der Waals surface area (Å²) < 4.78 is 12.0. The van der Waals surface area contributed by atoms with Crippen LogP contribution in [0.4, 0.5) is 5.69 Å². The second kappa shape index (κ2) is 8.64. The quantitative estimate of drug-likeness (QED) is 0.345. The number of benzene rings is 3. The third kappa shape index (κ3) is 5.14. The van der Waals surface area contributed by atoms with Crippen molar-refractivity contribution < 1.29 is 13.9 Å². The number of carbonyl (C=O) groups excluding carboxylic acids is 1. The molecular weight excluding hydrogens is 424 g/mol. The molecule has 176 valence electrons. The SMILES string of the molecule is Cc1cc(C)cc(-c2nc3cc(NC(=O)C(C)(C)Oc4ccc(C(C)(C)C)cc4)ccc3o2)c1. The predicted octanol–water partition coefficient (Wildman–Crippen LogP) is 7.21. The normalized spacial score (nSPS) is 12.1. The van der Waals surface area contributed by atoms with Crippen LogP contribution in [0.2, 0.25) is 0 Å². The molecule has 0 aliphatic rings. The molecule has 0 unspecified atom stereocenters. The molecule has 1 N–H and O–H groups in total. The van der Waals surface area contributed by atoms with Crippen molar-refractivity contribution in [3.8, 4) is 17.2 Å². The first-order valence-corrected chi connectivity index (χ1v) is 11.5. The van der Waals surface area contributed by atoms with E-state index in [4.69, 9.17) is 9.15 Å². The first-order chi connectivity index (χ1) is 15.9. The van der Waals surface area contributed by atoms with Gasteiger partial charge in [0.25, 0.3) is 5.91 Å². The minimum atomic E-state index is -1.06. The van der Waals surface area contributed by atoms with Gasteiger partial charge in [-0.15, -0.1) is 0 Å². The van der Waals surface area contributed by atoms with E-state index in [9.17, 15) is 4.79 Å². The first-order valence-electron chi connectivity index (χ1n) is 11.5. The molecule has 4 rings (SSSR count). The number of rotatable bonds is 5. The van der Waals surface area contributed by atoms with Crippen molar-refractivity contribution in [3.05, 3.63) is 77.4 Å². The number of nitrogens with one attached hydrogen (secondary N) is 1. The average Bonchev–Trinajstić information content (AvgIpc) is 3.16. The number of hydrogen-bond donors (Lipinski definition) is 1. The number of ether oxygens (including phenoxy) is 1. The summed E-state index contributed by atoms with van der Waals surface area (Å²) in [5.74, 6) is 0.968. The van der Waals surface area contributed by atoms with Gasteiger partial charge in [-0.05, 0) is 81.1 Å². The summed E-state index contributed by atoms with van der Waals surface area (Å²) >= 11 is 0. The number of aryl methyl sites for hydroxylation is 2. The lowest BCUT2D eigenvalue weighted by atomic mass is 9.87. The molecular formula is C29H32N2O3. The van der Waals surface area contributed by atoms with Crippen LogP contribution < -0.4 is 10.1 Å². The smallest absolute Gasteiger partial charge is 0.267 e. The van der Waals surface area contributed by atoms with Gasteiger partial charge in [-0.2, -0.15) is 0 Å². The fourth-order valence-electron chi connectivity index (χ4n) is 3.87. The standard InChI is InChI=1S/C29H32N2O3/c1-18-14-19(2)16-20(15-18)26-31-24-17-22(10-13-25(24)33-26)30-27(32)29(6,7)34-23-11-8-21(9-12-23)28(3,4)5/h8-17H,1-7H3,(H,30,32). The summed E-state index contributed by atoms with van der Waals surface area (Å²) in [6.45, 7) is 14.1. The van der Waals surface area contributed by atoms with Crippen LogP contribution in [-0.4, -0.2) is 16.5 Å². The second-order valence-electron chi connectivity index (χ2n) is 10.4. The lowest BCUT2D eigenvalue weighted by molar-refractivity contribution is -0.128. The molecule has 1 amide bonds. The zero-order chi connectivity index (χ0) is 24.7. The molecule has 0 aliphatic carbocycles. The van der Waals surface area contributed by atoms with Gasteiger partial charge in [-0.25, -0.2) is 4.98 Å². The highest BCUT2D eigenvalue weighted by Gasteiger charge is 2.30. The molecule has 34 heavy (non-hydrogen) atoms. The molecule has 0 saturated carbocycles. The highest BCUT2D eigenvalue weighted by atomic mass is 16.5. The Morgan fingerprint density at radius 3 is 2.15 bits per heavy atom. The molecule has 0 bridgehead atoms. The van der Waals surface area contributed by atoms with Crippen LogP contribution in [0.1, 0.15) is 51.3 Å². The topological polar surface area (TPSA) is 64.4 Å². The van der Waals surface area contributed by atoms with Gasteiger partial charge in [0.2, 0.25) is 5.89 Å². The van der Waals surface area contributed by atoms with Crippen molar-refractivity contribution in [1.29, 1.82) is 0 Å². The van der Waals surface area contributed by atoms with Crippen LogP contribution in [0.15, 0.2) is 65.1 Å². The van der Waals surface area contributed by atoms with E-state index in [0.717, 1.165) is 16.7 Å². The Bertz CT molecular complexity index is 1320. The molecule has 1 heterocycles. The number of hydrogen-bond acceptors (Lipinski definition) is 4. The fourth-order valence-corrected chi connectivity index (χ4v) is 3.87. The molecule has 0 aliphatic heterocycles. The van der Waals surface area contributed by atoms with E-state index < -0.39 is 5.60 Å². The van der Waals surface area contributed by atoms with Gasteiger partial charge in [0.05, 0.1) is 0 Å². The zero-order valence-corrected chi connectivity index (χ0v) is 20.9. The molecule has 0 fully saturated rings.